The molecule has 3 N–H and O–H groups in total. The Morgan fingerprint density at radius 1 is 1.53 bits per heavy atom. The average molecular weight is 479 g/mol. The standard InChI is InChI=1S/C20H38N4O3S3/c1-6-13(2)15(22-9-14(21)11-28)10-23-12-30-20(3)17(23)18(25)24(20)16(7-8-29-5)19(26)27-4/h13-17,22,28H,6-12,21H2,1-5H3/t13?,14-,15-,16+,17-,20?/m1/s1. The molecule has 7 nitrogen and oxygen atoms in total. The van der Waals surface area contributed by atoms with Gasteiger partial charge in [0.05, 0.1) is 7.11 Å². The van der Waals surface area contributed by atoms with Crippen molar-refractivity contribution < 1.29 is 14.3 Å². The number of nitrogens with zero attached hydrogens (tertiary/aromatic N) is 2. The number of rotatable bonds is 13. The van der Waals surface area contributed by atoms with Crippen LogP contribution in [0.3, 0.4) is 0 Å². The van der Waals surface area contributed by atoms with Crippen molar-refractivity contribution in [1.82, 2.24) is 15.1 Å². The second kappa shape index (κ2) is 11.7. The van der Waals surface area contributed by atoms with E-state index in [-0.39, 0.29) is 30.0 Å². The van der Waals surface area contributed by atoms with Gasteiger partial charge in [-0.2, -0.15) is 24.4 Å². The van der Waals surface area contributed by atoms with E-state index in [1.807, 2.05) is 6.26 Å². The Kier molecular flexibility index (Phi) is 10.1. The summed E-state index contributed by atoms with van der Waals surface area (Å²) in [7, 11) is 1.39. The van der Waals surface area contributed by atoms with Gasteiger partial charge in [0.1, 0.15) is 17.0 Å². The smallest absolute Gasteiger partial charge is 0.328 e. The van der Waals surface area contributed by atoms with E-state index in [1.54, 1.807) is 28.4 Å². The molecule has 2 saturated heterocycles. The van der Waals surface area contributed by atoms with Crippen LogP contribution in [0, 0.1) is 5.92 Å². The summed E-state index contributed by atoms with van der Waals surface area (Å²) in [5.74, 6) is 2.39. The molecule has 2 aliphatic heterocycles. The van der Waals surface area contributed by atoms with Crippen LogP contribution in [0.4, 0.5) is 0 Å². The first-order chi connectivity index (χ1) is 14.2. The predicted octanol–water partition coefficient (Wildman–Crippen LogP) is 1.48. The van der Waals surface area contributed by atoms with Crippen molar-refractivity contribution in [2.75, 3.05) is 43.8 Å². The number of methoxy groups -OCH3 is 1. The van der Waals surface area contributed by atoms with Crippen molar-refractivity contribution in [3.8, 4) is 0 Å². The van der Waals surface area contributed by atoms with Crippen LogP contribution < -0.4 is 11.1 Å². The van der Waals surface area contributed by atoms with Crippen LogP contribution in [-0.2, 0) is 14.3 Å². The van der Waals surface area contributed by atoms with Crippen LogP contribution in [0.25, 0.3) is 0 Å². The fourth-order valence-corrected chi connectivity index (χ4v) is 6.30. The number of fused-ring (bicyclic) bond motifs is 1. The summed E-state index contributed by atoms with van der Waals surface area (Å²) < 4.78 is 5.02. The molecule has 10 heteroatoms. The molecular formula is C20H38N4O3S3. The third kappa shape index (κ3) is 5.43. The van der Waals surface area contributed by atoms with Gasteiger partial charge in [0.15, 0.2) is 0 Å². The van der Waals surface area contributed by atoms with Gasteiger partial charge in [-0.05, 0) is 31.3 Å². The predicted molar refractivity (Wildman–Crippen MR) is 130 cm³/mol. The Bertz CT molecular complexity index is 600. The average Bonchev–Trinajstić information content (AvgIpc) is 3.04. The van der Waals surface area contributed by atoms with Gasteiger partial charge >= 0.3 is 5.97 Å². The minimum absolute atomic E-state index is 0.0104. The Labute approximate surface area is 195 Å². The van der Waals surface area contributed by atoms with Crippen molar-refractivity contribution in [3.63, 3.8) is 0 Å². The van der Waals surface area contributed by atoms with Gasteiger partial charge in [-0.15, -0.1) is 11.8 Å². The molecule has 0 bridgehead atoms. The third-order valence-electron chi connectivity index (χ3n) is 6.36. The molecule has 2 unspecified atom stereocenters. The summed E-state index contributed by atoms with van der Waals surface area (Å²) in [6, 6.07) is -0.453. The van der Waals surface area contributed by atoms with Gasteiger partial charge in [0, 0.05) is 36.8 Å². The Hall–Kier alpha value is -0.130. The number of nitrogens with two attached hydrogens (primary N) is 1. The van der Waals surface area contributed by atoms with E-state index in [2.05, 4.69) is 43.6 Å². The van der Waals surface area contributed by atoms with Crippen LogP contribution in [0.1, 0.15) is 33.6 Å². The van der Waals surface area contributed by atoms with Crippen molar-refractivity contribution in [2.24, 2.45) is 11.7 Å². The largest absolute Gasteiger partial charge is 0.467 e. The van der Waals surface area contributed by atoms with E-state index in [9.17, 15) is 9.59 Å². The first-order valence-corrected chi connectivity index (χ1v) is 13.6. The lowest BCUT2D eigenvalue weighted by Crippen LogP contribution is -2.76. The lowest BCUT2D eigenvalue weighted by atomic mass is 9.89. The number of likely N-dealkylation sites (tertiary alicyclic amines) is 1. The van der Waals surface area contributed by atoms with Crippen LogP contribution in [0.15, 0.2) is 0 Å². The quantitative estimate of drug-likeness (QED) is 0.208. The van der Waals surface area contributed by atoms with Crippen molar-refractivity contribution in [1.29, 1.82) is 0 Å². The molecule has 1 amide bonds. The fourth-order valence-electron chi connectivity index (χ4n) is 4.27. The van der Waals surface area contributed by atoms with E-state index >= 15 is 0 Å². The fraction of sp³-hybridized carbons (Fsp3) is 0.900. The molecule has 30 heavy (non-hydrogen) atoms. The van der Waals surface area contributed by atoms with Gasteiger partial charge in [-0.3, -0.25) is 9.69 Å². The normalized spacial score (nSPS) is 27.9. The maximum Gasteiger partial charge on any atom is 0.328 e. The zero-order valence-corrected chi connectivity index (χ0v) is 21.3. The van der Waals surface area contributed by atoms with Gasteiger partial charge < -0.3 is 20.7 Å². The molecule has 2 rings (SSSR count). The highest BCUT2D eigenvalue weighted by Gasteiger charge is 2.66. The highest BCUT2D eigenvalue weighted by Crippen LogP contribution is 2.52. The number of nitrogens with one attached hydrogen (secondary N) is 1. The van der Waals surface area contributed by atoms with Crippen LogP contribution in [0.5, 0.6) is 0 Å². The van der Waals surface area contributed by atoms with Crippen LogP contribution in [-0.4, -0.2) is 94.6 Å². The van der Waals surface area contributed by atoms with E-state index < -0.39 is 10.9 Å². The molecular weight excluding hydrogens is 440 g/mol. The molecule has 174 valence electrons. The first-order valence-electron chi connectivity index (χ1n) is 10.6. The molecule has 2 heterocycles. The third-order valence-corrected chi connectivity index (χ3v) is 8.94. The molecule has 0 saturated carbocycles. The van der Waals surface area contributed by atoms with E-state index in [1.165, 1.54) is 7.11 Å². The monoisotopic (exact) mass is 478 g/mol. The summed E-state index contributed by atoms with van der Waals surface area (Å²) >= 11 is 7.70. The number of β-lactam (4-membered cyclic amide) rings is 1. The molecule has 0 aromatic carbocycles. The van der Waals surface area contributed by atoms with Crippen molar-refractivity contribution in [3.05, 3.63) is 0 Å². The summed E-state index contributed by atoms with van der Waals surface area (Å²) in [6.07, 6.45) is 3.67. The number of esters is 1. The summed E-state index contributed by atoms with van der Waals surface area (Å²) in [5, 5.41) is 3.60. The SMILES string of the molecule is CCC(C)[C@@H](CN1CSC2(C)[C@H]1C(=O)N2[C@@H](CCSC)C(=O)OC)NC[C@@H](N)CS. The minimum Gasteiger partial charge on any atom is -0.467 e. The maximum absolute atomic E-state index is 13.2. The lowest BCUT2D eigenvalue weighted by molar-refractivity contribution is -0.173. The maximum atomic E-state index is 13.2. The van der Waals surface area contributed by atoms with Gasteiger partial charge in [-0.25, -0.2) is 4.79 Å². The van der Waals surface area contributed by atoms with Crippen LogP contribution in [0.2, 0.25) is 0 Å². The van der Waals surface area contributed by atoms with Gasteiger partial charge in [-0.1, -0.05) is 20.3 Å². The molecule has 0 spiro atoms. The number of amides is 1. The number of carbonyl (C=O) groups excluding carboxylic acids is 2. The number of hydrogen-bond donors (Lipinski definition) is 3. The van der Waals surface area contributed by atoms with E-state index in [0.717, 1.165) is 24.6 Å². The van der Waals surface area contributed by atoms with E-state index in [4.69, 9.17) is 10.5 Å². The van der Waals surface area contributed by atoms with E-state index in [0.29, 0.717) is 24.6 Å². The summed E-state index contributed by atoms with van der Waals surface area (Å²) in [5.41, 5.74) is 6.04. The molecule has 2 fully saturated rings. The molecule has 0 aromatic heterocycles. The number of hydrogen-bond acceptors (Lipinski definition) is 9. The number of thioether (sulfide) groups is 2. The zero-order valence-electron chi connectivity index (χ0n) is 18.8. The minimum atomic E-state index is -0.513. The summed E-state index contributed by atoms with van der Waals surface area (Å²) in [4.78, 5) is 29.3. The Balaban J connectivity index is 2.11. The van der Waals surface area contributed by atoms with Gasteiger partial charge in [0.25, 0.3) is 0 Å². The first kappa shape index (κ1) is 26.1. The molecule has 6 atom stereocenters. The molecule has 0 aliphatic carbocycles. The number of ether oxygens (including phenoxy) is 1. The van der Waals surface area contributed by atoms with Gasteiger partial charge in [0.2, 0.25) is 5.91 Å². The van der Waals surface area contributed by atoms with Crippen LogP contribution >= 0.6 is 36.2 Å². The highest BCUT2D eigenvalue weighted by atomic mass is 32.2. The Morgan fingerprint density at radius 3 is 2.80 bits per heavy atom. The zero-order chi connectivity index (χ0) is 22.5. The Morgan fingerprint density at radius 2 is 2.23 bits per heavy atom. The number of thiol groups is 1. The second-order valence-electron chi connectivity index (χ2n) is 8.37. The lowest BCUT2D eigenvalue weighted by Gasteiger charge is -2.55. The number of carbonyl (C=O) groups is 2. The molecule has 0 radical (unpaired) electrons. The second-order valence-corrected chi connectivity index (χ2v) is 11.1. The summed E-state index contributed by atoms with van der Waals surface area (Å²) in [6.45, 7) is 8.00. The topological polar surface area (TPSA) is 87.9 Å². The molecule has 2 aliphatic rings. The molecule has 0 aromatic rings. The highest BCUT2D eigenvalue weighted by molar-refractivity contribution is 8.01. The van der Waals surface area contributed by atoms with Crippen molar-refractivity contribution >= 4 is 48.0 Å². The van der Waals surface area contributed by atoms with Crippen molar-refractivity contribution in [2.45, 2.75) is 62.7 Å².